The van der Waals surface area contributed by atoms with Crippen LogP contribution in [0.4, 0.5) is 10.3 Å². The zero-order valence-corrected chi connectivity index (χ0v) is 16.9. The largest absolute Gasteiger partial charge is 0.376 e. The molecule has 150 valence electrons. The Labute approximate surface area is 170 Å². The first kappa shape index (κ1) is 19.6. The Morgan fingerprint density at radius 3 is 2.50 bits per heavy atom. The fourth-order valence-electron chi connectivity index (χ4n) is 4.25. The molecule has 0 saturated carbocycles. The molecule has 28 heavy (non-hydrogen) atoms. The molecule has 2 saturated heterocycles. The van der Waals surface area contributed by atoms with Crippen LogP contribution in [0.25, 0.3) is 0 Å². The minimum Gasteiger partial charge on any atom is -0.376 e. The van der Waals surface area contributed by atoms with E-state index in [2.05, 4.69) is 38.8 Å². The van der Waals surface area contributed by atoms with E-state index in [1.54, 1.807) is 0 Å². The van der Waals surface area contributed by atoms with Gasteiger partial charge in [0.05, 0.1) is 25.1 Å². The number of hydrogen-bond donors (Lipinski definition) is 0. The van der Waals surface area contributed by atoms with Crippen LogP contribution in [-0.2, 0) is 11.2 Å². The normalized spacial score (nSPS) is 24.5. The maximum Gasteiger partial charge on any atom is 0.225 e. The molecule has 0 amide bonds. The number of piperidine rings is 1. The summed E-state index contributed by atoms with van der Waals surface area (Å²) in [4.78, 5) is 13.0. The van der Waals surface area contributed by atoms with Gasteiger partial charge in [0.25, 0.3) is 0 Å². The molecule has 1 aromatic carbocycles. The van der Waals surface area contributed by atoms with Crippen LogP contribution in [0.3, 0.4) is 0 Å². The van der Waals surface area contributed by atoms with Crippen molar-refractivity contribution in [3.8, 4) is 0 Å². The molecule has 0 bridgehead atoms. The third-order valence-electron chi connectivity index (χ3n) is 5.72. The summed E-state index contributed by atoms with van der Waals surface area (Å²) in [5.74, 6) is 0.221. The number of hydrogen-bond acceptors (Lipinski definition) is 5. The lowest BCUT2D eigenvalue weighted by molar-refractivity contribution is -0.0745. The molecular formula is C21H26ClFN4O. The van der Waals surface area contributed by atoms with Crippen molar-refractivity contribution >= 4 is 17.5 Å². The van der Waals surface area contributed by atoms with Crippen LogP contribution in [-0.4, -0.2) is 59.3 Å². The van der Waals surface area contributed by atoms with Crippen molar-refractivity contribution in [2.75, 3.05) is 31.1 Å². The van der Waals surface area contributed by atoms with Gasteiger partial charge in [-0.1, -0.05) is 23.7 Å². The highest BCUT2D eigenvalue weighted by atomic mass is 35.5. The Morgan fingerprint density at radius 2 is 1.82 bits per heavy atom. The lowest BCUT2D eigenvalue weighted by atomic mass is 9.96. The van der Waals surface area contributed by atoms with Crippen molar-refractivity contribution in [3.63, 3.8) is 0 Å². The highest BCUT2D eigenvalue weighted by Gasteiger charge is 2.34. The van der Waals surface area contributed by atoms with E-state index in [0.717, 1.165) is 50.5 Å². The molecule has 2 fully saturated rings. The number of anilines is 1. The van der Waals surface area contributed by atoms with Crippen molar-refractivity contribution in [3.05, 3.63) is 53.1 Å². The number of ether oxygens (including phenoxy) is 1. The van der Waals surface area contributed by atoms with Gasteiger partial charge >= 0.3 is 0 Å². The minimum absolute atomic E-state index is 0.250. The summed E-state index contributed by atoms with van der Waals surface area (Å²) in [7, 11) is 0. The SMILES string of the molecule is C[C@H]1CN(C2CCN(c3ncc(F)cn3)CC2)[C@@H](Cc2ccc(Cl)cc2)CO1. The van der Waals surface area contributed by atoms with Crippen molar-refractivity contribution in [1.29, 1.82) is 0 Å². The van der Waals surface area contributed by atoms with Crippen LogP contribution in [0.15, 0.2) is 36.7 Å². The summed E-state index contributed by atoms with van der Waals surface area (Å²) in [6.45, 7) is 5.62. The highest BCUT2D eigenvalue weighted by molar-refractivity contribution is 6.30. The minimum atomic E-state index is -0.397. The monoisotopic (exact) mass is 404 g/mol. The topological polar surface area (TPSA) is 41.5 Å². The molecular weight excluding hydrogens is 379 g/mol. The van der Waals surface area contributed by atoms with Gasteiger partial charge in [-0.15, -0.1) is 0 Å². The summed E-state index contributed by atoms with van der Waals surface area (Å²) < 4.78 is 19.0. The van der Waals surface area contributed by atoms with E-state index < -0.39 is 5.82 Å². The molecule has 0 unspecified atom stereocenters. The molecule has 1 aromatic heterocycles. The van der Waals surface area contributed by atoms with Gasteiger partial charge in [-0.25, -0.2) is 14.4 Å². The summed E-state index contributed by atoms with van der Waals surface area (Å²) in [5.41, 5.74) is 1.29. The first-order valence-corrected chi connectivity index (χ1v) is 10.3. The highest BCUT2D eigenvalue weighted by Crippen LogP contribution is 2.26. The van der Waals surface area contributed by atoms with Crippen molar-refractivity contribution < 1.29 is 9.13 Å². The molecule has 7 heteroatoms. The van der Waals surface area contributed by atoms with Gasteiger partial charge in [0, 0.05) is 36.7 Å². The molecule has 5 nitrogen and oxygen atoms in total. The standard InChI is InChI=1S/C21H26ClFN4O/c1-15-13-27(20(14-28-15)10-16-2-4-17(22)5-3-16)19-6-8-26(9-7-19)21-24-11-18(23)12-25-21/h2-5,11-12,15,19-20H,6-10,13-14H2,1H3/t15-,20-/m0/s1. The number of rotatable bonds is 4. The fourth-order valence-corrected chi connectivity index (χ4v) is 4.38. The smallest absolute Gasteiger partial charge is 0.225 e. The van der Waals surface area contributed by atoms with Gasteiger partial charge in [0.15, 0.2) is 5.82 Å². The Bertz CT molecular complexity index is 765. The van der Waals surface area contributed by atoms with E-state index in [9.17, 15) is 4.39 Å². The molecule has 2 aromatic rings. The lowest BCUT2D eigenvalue weighted by Crippen LogP contribution is -2.56. The number of nitrogens with zero attached hydrogens (tertiary/aromatic N) is 4. The van der Waals surface area contributed by atoms with E-state index in [1.807, 2.05) is 12.1 Å². The molecule has 0 N–H and O–H groups in total. The quantitative estimate of drug-likeness (QED) is 0.779. The molecule has 2 atom stereocenters. The Hall–Kier alpha value is -1.76. The van der Waals surface area contributed by atoms with Gasteiger partial charge in [-0.05, 0) is 43.9 Å². The summed E-state index contributed by atoms with van der Waals surface area (Å²) >= 11 is 6.03. The second-order valence-corrected chi connectivity index (χ2v) is 8.18. The second kappa shape index (κ2) is 8.72. The van der Waals surface area contributed by atoms with Gasteiger partial charge in [0.1, 0.15) is 0 Å². The third-order valence-corrected chi connectivity index (χ3v) is 5.97. The predicted octanol–water partition coefficient (Wildman–Crippen LogP) is 3.57. The number of benzene rings is 1. The molecule has 0 radical (unpaired) electrons. The molecule has 2 aliphatic heterocycles. The van der Waals surface area contributed by atoms with E-state index in [-0.39, 0.29) is 6.10 Å². The van der Waals surface area contributed by atoms with Crippen LogP contribution in [0.2, 0.25) is 5.02 Å². The number of aromatic nitrogens is 2. The summed E-state index contributed by atoms with van der Waals surface area (Å²) in [6, 6.07) is 9.00. The number of halogens is 2. The fraction of sp³-hybridized carbons (Fsp3) is 0.524. The molecule has 0 aliphatic carbocycles. The first-order chi connectivity index (χ1) is 13.6. The van der Waals surface area contributed by atoms with Crippen LogP contribution >= 0.6 is 11.6 Å². The van der Waals surface area contributed by atoms with Gasteiger partial charge in [-0.2, -0.15) is 0 Å². The Balaban J connectivity index is 1.40. The molecule has 0 spiro atoms. The van der Waals surface area contributed by atoms with Crippen LogP contribution in [0.5, 0.6) is 0 Å². The maximum atomic E-state index is 13.1. The van der Waals surface area contributed by atoms with Crippen molar-refractivity contribution in [1.82, 2.24) is 14.9 Å². The third kappa shape index (κ3) is 4.62. The molecule has 4 rings (SSSR count). The van der Waals surface area contributed by atoms with Crippen LogP contribution in [0.1, 0.15) is 25.3 Å². The zero-order valence-electron chi connectivity index (χ0n) is 16.1. The number of morpholine rings is 1. The molecule has 3 heterocycles. The second-order valence-electron chi connectivity index (χ2n) is 7.74. The van der Waals surface area contributed by atoms with E-state index in [0.29, 0.717) is 18.0 Å². The van der Waals surface area contributed by atoms with Crippen molar-refractivity contribution in [2.45, 2.75) is 44.4 Å². The van der Waals surface area contributed by atoms with Crippen molar-refractivity contribution in [2.24, 2.45) is 0 Å². The first-order valence-electron chi connectivity index (χ1n) is 9.93. The lowest BCUT2D eigenvalue weighted by Gasteiger charge is -2.46. The van der Waals surface area contributed by atoms with Crippen LogP contribution in [0, 0.1) is 5.82 Å². The Morgan fingerprint density at radius 1 is 1.14 bits per heavy atom. The molecule has 2 aliphatic rings. The van der Waals surface area contributed by atoms with E-state index >= 15 is 0 Å². The van der Waals surface area contributed by atoms with E-state index in [1.165, 1.54) is 18.0 Å². The Kier molecular flexibility index (Phi) is 6.09. The van der Waals surface area contributed by atoms with E-state index in [4.69, 9.17) is 16.3 Å². The summed E-state index contributed by atoms with van der Waals surface area (Å²) in [5, 5.41) is 0.768. The van der Waals surface area contributed by atoms with Gasteiger partial charge in [0.2, 0.25) is 5.95 Å². The maximum absolute atomic E-state index is 13.1. The average molecular weight is 405 g/mol. The predicted molar refractivity (Wildman–Crippen MR) is 108 cm³/mol. The summed E-state index contributed by atoms with van der Waals surface area (Å²) in [6.07, 6.45) is 5.78. The van der Waals surface area contributed by atoms with Crippen LogP contribution < -0.4 is 4.90 Å². The van der Waals surface area contributed by atoms with Gasteiger partial charge in [-0.3, -0.25) is 4.90 Å². The average Bonchev–Trinajstić information content (AvgIpc) is 2.72. The van der Waals surface area contributed by atoms with Gasteiger partial charge < -0.3 is 9.64 Å². The zero-order chi connectivity index (χ0) is 19.5.